The van der Waals surface area contributed by atoms with Crippen molar-refractivity contribution in [3.05, 3.63) is 76.9 Å². The lowest BCUT2D eigenvalue weighted by atomic mass is 9.51. The fourth-order valence-corrected chi connectivity index (χ4v) is 8.43. The lowest BCUT2D eigenvalue weighted by Gasteiger charge is -2.54. The molecule has 194 valence electrons. The molecule has 5 unspecified atom stereocenters. The summed E-state index contributed by atoms with van der Waals surface area (Å²) in [6.07, 6.45) is 23.3. The highest BCUT2D eigenvalue weighted by molar-refractivity contribution is 5.39. The predicted molar refractivity (Wildman–Crippen MR) is 152 cm³/mol. The molecule has 36 heavy (non-hydrogen) atoms. The van der Waals surface area contributed by atoms with Crippen LogP contribution in [0.1, 0.15) is 107 Å². The van der Waals surface area contributed by atoms with Gasteiger partial charge in [0.2, 0.25) is 0 Å². The molecule has 2 fully saturated rings. The zero-order valence-corrected chi connectivity index (χ0v) is 22.9. The van der Waals surface area contributed by atoms with Gasteiger partial charge in [-0.2, -0.15) is 0 Å². The van der Waals surface area contributed by atoms with Crippen LogP contribution in [-0.4, -0.2) is 5.11 Å². The summed E-state index contributed by atoms with van der Waals surface area (Å²) in [6.45, 7) is 4.74. The van der Waals surface area contributed by atoms with Gasteiger partial charge in [-0.1, -0.05) is 82.0 Å². The molecule has 0 amide bonds. The van der Waals surface area contributed by atoms with Crippen LogP contribution in [0.5, 0.6) is 5.75 Å². The first-order valence-electron chi connectivity index (χ1n) is 15.1. The summed E-state index contributed by atoms with van der Waals surface area (Å²) >= 11 is 0. The van der Waals surface area contributed by atoms with Crippen LogP contribution < -0.4 is 0 Å². The second kappa shape index (κ2) is 11.6. The third-order valence-corrected chi connectivity index (χ3v) is 9.95. The number of aryl methyl sites for hydroxylation is 1. The third kappa shape index (κ3) is 5.76. The summed E-state index contributed by atoms with van der Waals surface area (Å²) in [6, 6.07) is 15.4. The Morgan fingerprint density at radius 2 is 1.78 bits per heavy atom. The summed E-state index contributed by atoms with van der Waals surface area (Å²) in [5.41, 5.74) is 6.00. The molecule has 1 spiro atoms. The minimum atomic E-state index is 0.447. The van der Waals surface area contributed by atoms with Crippen LogP contribution in [0.2, 0.25) is 0 Å². The highest BCUT2D eigenvalue weighted by Gasteiger charge is 2.48. The van der Waals surface area contributed by atoms with Crippen LogP contribution in [0.3, 0.4) is 0 Å². The monoisotopic (exact) mass is 484 g/mol. The van der Waals surface area contributed by atoms with Crippen molar-refractivity contribution in [2.75, 3.05) is 0 Å². The normalized spacial score (nSPS) is 29.8. The summed E-state index contributed by atoms with van der Waals surface area (Å²) in [5.74, 6) is 3.78. The molecule has 1 heteroatoms. The van der Waals surface area contributed by atoms with Gasteiger partial charge in [0, 0.05) is 0 Å². The average Bonchev–Trinajstić information content (AvgIpc) is 2.86. The Morgan fingerprint density at radius 1 is 0.944 bits per heavy atom. The molecule has 1 nitrogen and oxygen atoms in total. The minimum Gasteiger partial charge on any atom is -0.508 e. The van der Waals surface area contributed by atoms with Gasteiger partial charge in [0.1, 0.15) is 5.75 Å². The van der Waals surface area contributed by atoms with Crippen molar-refractivity contribution < 1.29 is 5.11 Å². The maximum Gasteiger partial charge on any atom is 0.116 e. The molecule has 2 aromatic rings. The number of phenolic OH excluding ortho intramolecular Hbond substituents is 1. The Morgan fingerprint density at radius 3 is 2.61 bits per heavy atom. The maximum atomic E-state index is 10.7. The lowest BCUT2D eigenvalue weighted by molar-refractivity contribution is -0.00558. The predicted octanol–water partition coefficient (Wildman–Crippen LogP) is 9.45. The molecule has 0 radical (unpaired) electrons. The van der Waals surface area contributed by atoms with Crippen LogP contribution in [0.25, 0.3) is 0 Å². The number of benzene rings is 2. The Labute approximate surface area is 220 Å². The largest absolute Gasteiger partial charge is 0.508 e. The van der Waals surface area contributed by atoms with Gasteiger partial charge in [-0.05, 0) is 128 Å². The first-order valence-corrected chi connectivity index (χ1v) is 15.1. The van der Waals surface area contributed by atoms with Crippen molar-refractivity contribution in [3.63, 3.8) is 0 Å². The van der Waals surface area contributed by atoms with E-state index in [1.54, 1.807) is 0 Å². The fourth-order valence-electron chi connectivity index (χ4n) is 8.43. The zero-order chi connectivity index (χ0) is 25.0. The molecular formula is C35H48O. The number of fused-ring (bicyclic) bond motifs is 2. The van der Waals surface area contributed by atoms with Crippen molar-refractivity contribution >= 4 is 0 Å². The Kier molecular flexibility index (Phi) is 8.24. The van der Waals surface area contributed by atoms with E-state index >= 15 is 0 Å². The van der Waals surface area contributed by atoms with E-state index in [2.05, 4.69) is 62.4 Å². The van der Waals surface area contributed by atoms with E-state index in [1.165, 1.54) is 92.9 Å². The van der Waals surface area contributed by atoms with Crippen molar-refractivity contribution in [2.45, 2.75) is 104 Å². The number of phenols is 1. The number of unbranched alkanes of at least 4 members (excludes halogenated alkanes) is 2. The van der Waals surface area contributed by atoms with E-state index in [9.17, 15) is 5.11 Å². The molecule has 5 rings (SSSR count). The van der Waals surface area contributed by atoms with Gasteiger partial charge in [0.05, 0.1) is 0 Å². The Hall–Kier alpha value is -2.02. The van der Waals surface area contributed by atoms with Crippen LogP contribution in [0.4, 0.5) is 0 Å². The number of hydrogen-bond acceptors (Lipinski definition) is 1. The van der Waals surface area contributed by atoms with Crippen molar-refractivity contribution in [3.8, 4) is 5.75 Å². The number of aromatic hydroxyl groups is 1. The summed E-state index contributed by atoms with van der Waals surface area (Å²) in [5, 5.41) is 10.7. The van der Waals surface area contributed by atoms with Gasteiger partial charge in [0.15, 0.2) is 0 Å². The van der Waals surface area contributed by atoms with Crippen LogP contribution in [0, 0.1) is 29.1 Å². The maximum absolute atomic E-state index is 10.7. The quantitative estimate of drug-likeness (QED) is 0.292. The number of hydrogen-bond donors (Lipinski definition) is 1. The summed E-state index contributed by atoms with van der Waals surface area (Å²) in [7, 11) is 0. The van der Waals surface area contributed by atoms with E-state index < -0.39 is 0 Å². The highest BCUT2D eigenvalue weighted by Crippen LogP contribution is 2.57. The van der Waals surface area contributed by atoms with Gasteiger partial charge >= 0.3 is 0 Å². The minimum absolute atomic E-state index is 0.447. The molecule has 3 aliphatic carbocycles. The van der Waals surface area contributed by atoms with Gasteiger partial charge in [-0.25, -0.2) is 0 Å². The van der Waals surface area contributed by atoms with Gasteiger partial charge in [0.25, 0.3) is 0 Å². The first kappa shape index (κ1) is 25.6. The standard InChI is InChI=1S/C35H48O/c1-3-4-5-12-29-13-6-7-14-30(29)21-27-20-28(24-32(36)23-27)22-31-15-8-17-34-33(31)16-10-19-35(34)18-9-11-26(2)25-35/h6-7,9,13-14,18,20,23-24,26,31,33-34,36H,3-5,8,10-12,15-17,19,21-22,25H2,1-2H3. The Bertz CT molecular complexity index is 1030. The summed E-state index contributed by atoms with van der Waals surface area (Å²) in [4.78, 5) is 0. The van der Waals surface area contributed by atoms with Gasteiger partial charge in [-0.15, -0.1) is 0 Å². The molecule has 2 saturated carbocycles. The van der Waals surface area contributed by atoms with E-state index in [1.807, 2.05) is 6.07 Å². The number of allylic oxidation sites excluding steroid dienone is 2. The van der Waals surface area contributed by atoms with Crippen molar-refractivity contribution in [2.24, 2.45) is 29.1 Å². The van der Waals surface area contributed by atoms with E-state index in [-0.39, 0.29) is 0 Å². The Balaban J connectivity index is 1.32. The molecule has 0 aromatic heterocycles. The lowest BCUT2D eigenvalue weighted by Crippen LogP contribution is -2.45. The van der Waals surface area contributed by atoms with Crippen molar-refractivity contribution in [1.29, 1.82) is 0 Å². The molecule has 2 aromatic carbocycles. The first-order chi connectivity index (χ1) is 17.6. The zero-order valence-electron chi connectivity index (χ0n) is 22.9. The molecule has 0 saturated heterocycles. The van der Waals surface area contributed by atoms with Crippen LogP contribution in [-0.2, 0) is 19.3 Å². The topological polar surface area (TPSA) is 20.2 Å². The molecule has 5 atom stereocenters. The van der Waals surface area contributed by atoms with Crippen LogP contribution >= 0.6 is 0 Å². The van der Waals surface area contributed by atoms with E-state index in [4.69, 9.17) is 0 Å². The van der Waals surface area contributed by atoms with Crippen molar-refractivity contribution in [1.82, 2.24) is 0 Å². The SMILES string of the molecule is CCCCCc1ccccc1Cc1cc(O)cc(CC2CCCC3C2CCCC32C=CCC(C)C2)c1. The molecule has 0 heterocycles. The fraction of sp³-hybridized carbons (Fsp3) is 0.600. The smallest absolute Gasteiger partial charge is 0.116 e. The molecule has 0 bridgehead atoms. The highest BCUT2D eigenvalue weighted by atomic mass is 16.3. The second-order valence-electron chi connectivity index (χ2n) is 12.6. The molecular weight excluding hydrogens is 436 g/mol. The second-order valence-corrected chi connectivity index (χ2v) is 12.6. The van der Waals surface area contributed by atoms with E-state index in [0.29, 0.717) is 11.2 Å². The van der Waals surface area contributed by atoms with Crippen LogP contribution in [0.15, 0.2) is 54.6 Å². The molecule has 0 aliphatic heterocycles. The molecule has 1 N–H and O–H groups in total. The third-order valence-electron chi connectivity index (χ3n) is 9.95. The number of rotatable bonds is 8. The average molecular weight is 485 g/mol. The molecule has 3 aliphatic rings. The van der Waals surface area contributed by atoms with Gasteiger partial charge < -0.3 is 5.11 Å². The van der Waals surface area contributed by atoms with Gasteiger partial charge in [-0.3, -0.25) is 0 Å². The van der Waals surface area contributed by atoms with E-state index in [0.717, 1.165) is 42.9 Å². The summed E-state index contributed by atoms with van der Waals surface area (Å²) < 4.78 is 0.